The van der Waals surface area contributed by atoms with Gasteiger partial charge in [0, 0.05) is 15.5 Å². The van der Waals surface area contributed by atoms with Crippen molar-refractivity contribution in [2.45, 2.75) is 13.0 Å². The Hall–Kier alpha value is -1.07. The van der Waals surface area contributed by atoms with Crippen LogP contribution in [0.2, 0.25) is 5.02 Å². The maximum absolute atomic E-state index is 6.06. The van der Waals surface area contributed by atoms with Gasteiger partial charge in [-0.2, -0.15) is 0 Å². The third kappa shape index (κ3) is 2.52. The number of halogens is 1. The Labute approximate surface area is 116 Å². The summed E-state index contributed by atoms with van der Waals surface area (Å²) in [7, 11) is 1.64. The molecule has 0 saturated heterocycles. The van der Waals surface area contributed by atoms with Crippen LogP contribution in [0.3, 0.4) is 0 Å². The van der Waals surface area contributed by atoms with Crippen molar-refractivity contribution in [3.05, 3.63) is 50.7 Å². The Kier molecular flexibility index (Phi) is 4.24. The first-order valence-electron chi connectivity index (χ1n) is 5.51. The van der Waals surface area contributed by atoms with Crippen molar-refractivity contribution < 1.29 is 4.74 Å². The van der Waals surface area contributed by atoms with E-state index in [1.165, 1.54) is 5.56 Å². The second-order valence-corrected chi connectivity index (χ2v) is 5.34. The van der Waals surface area contributed by atoms with E-state index in [2.05, 4.69) is 18.4 Å². The van der Waals surface area contributed by atoms with Crippen LogP contribution in [0.15, 0.2) is 29.6 Å². The molecule has 0 spiro atoms. The first-order chi connectivity index (χ1) is 8.67. The van der Waals surface area contributed by atoms with Gasteiger partial charge in [-0.15, -0.1) is 11.3 Å². The minimum Gasteiger partial charge on any atom is -0.496 e. The summed E-state index contributed by atoms with van der Waals surface area (Å²) < 4.78 is 5.37. The van der Waals surface area contributed by atoms with Gasteiger partial charge in [0.1, 0.15) is 5.75 Å². The van der Waals surface area contributed by atoms with Gasteiger partial charge in [0.05, 0.1) is 13.2 Å². The Morgan fingerprint density at radius 3 is 2.72 bits per heavy atom. The molecule has 1 atom stereocenters. The third-order valence-corrected chi connectivity index (χ3v) is 4.15. The zero-order valence-corrected chi connectivity index (χ0v) is 11.8. The van der Waals surface area contributed by atoms with Gasteiger partial charge in [0.25, 0.3) is 0 Å². The predicted octanol–water partition coefficient (Wildman–Crippen LogP) is 3.27. The van der Waals surface area contributed by atoms with E-state index >= 15 is 0 Å². The van der Waals surface area contributed by atoms with Gasteiger partial charge in [0.15, 0.2) is 0 Å². The Morgan fingerprint density at radius 2 is 2.17 bits per heavy atom. The molecular formula is C13H15ClN2OS. The molecule has 0 amide bonds. The van der Waals surface area contributed by atoms with Gasteiger partial charge in [-0.3, -0.25) is 5.84 Å². The average molecular weight is 283 g/mol. The van der Waals surface area contributed by atoms with Crippen LogP contribution in [0.5, 0.6) is 5.75 Å². The molecule has 5 heteroatoms. The van der Waals surface area contributed by atoms with Gasteiger partial charge in [-0.05, 0) is 42.1 Å². The highest BCUT2D eigenvalue weighted by Crippen LogP contribution is 2.35. The lowest BCUT2D eigenvalue weighted by Crippen LogP contribution is -2.29. The standard InChI is InChI=1S/C13H15ClN2OS/c1-8-5-6-18-13(8)12(16-15)10-7-9(14)3-4-11(10)17-2/h3-7,12,16H,15H2,1-2H3. The maximum Gasteiger partial charge on any atom is 0.124 e. The van der Waals surface area contributed by atoms with Gasteiger partial charge in [-0.25, -0.2) is 5.43 Å². The van der Waals surface area contributed by atoms with Gasteiger partial charge >= 0.3 is 0 Å². The van der Waals surface area contributed by atoms with Crippen molar-refractivity contribution in [1.82, 2.24) is 5.43 Å². The first kappa shape index (κ1) is 13.4. The van der Waals surface area contributed by atoms with Crippen LogP contribution in [0, 0.1) is 6.92 Å². The highest BCUT2D eigenvalue weighted by atomic mass is 35.5. The van der Waals surface area contributed by atoms with E-state index in [1.54, 1.807) is 24.5 Å². The van der Waals surface area contributed by atoms with Crippen LogP contribution in [-0.2, 0) is 0 Å². The number of hydrogen-bond acceptors (Lipinski definition) is 4. The summed E-state index contributed by atoms with van der Waals surface area (Å²) in [6, 6.07) is 7.49. The summed E-state index contributed by atoms with van der Waals surface area (Å²) in [6.45, 7) is 2.06. The fourth-order valence-electron chi connectivity index (χ4n) is 1.92. The lowest BCUT2D eigenvalue weighted by molar-refractivity contribution is 0.404. The molecule has 0 aliphatic rings. The highest BCUT2D eigenvalue weighted by Gasteiger charge is 2.20. The molecule has 2 rings (SSSR count). The SMILES string of the molecule is COc1ccc(Cl)cc1C(NN)c1sccc1C. The summed E-state index contributed by atoms with van der Waals surface area (Å²) in [5.74, 6) is 6.47. The molecule has 1 aromatic heterocycles. The quantitative estimate of drug-likeness (QED) is 0.668. The number of ether oxygens (including phenoxy) is 1. The monoisotopic (exact) mass is 282 g/mol. The molecule has 1 heterocycles. The molecule has 0 aliphatic heterocycles. The van der Waals surface area contributed by atoms with Gasteiger partial charge in [-0.1, -0.05) is 11.6 Å². The number of benzene rings is 1. The molecule has 1 aromatic carbocycles. The molecule has 18 heavy (non-hydrogen) atoms. The lowest BCUT2D eigenvalue weighted by Gasteiger charge is -2.19. The van der Waals surface area contributed by atoms with Crippen molar-refractivity contribution in [3.8, 4) is 5.75 Å². The molecule has 0 bridgehead atoms. The zero-order chi connectivity index (χ0) is 13.1. The molecule has 0 aliphatic carbocycles. The first-order valence-corrected chi connectivity index (χ1v) is 6.76. The second-order valence-electron chi connectivity index (χ2n) is 3.95. The highest BCUT2D eigenvalue weighted by molar-refractivity contribution is 7.10. The summed E-state index contributed by atoms with van der Waals surface area (Å²) >= 11 is 7.72. The van der Waals surface area contributed by atoms with E-state index in [0.29, 0.717) is 5.02 Å². The fourth-order valence-corrected chi connectivity index (χ4v) is 3.10. The normalized spacial score (nSPS) is 12.4. The van der Waals surface area contributed by atoms with Crippen molar-refractivity contribution in [2.24, 2.45) is 5.84 Å². The molecule has 2 aromatic rings. The molecular weight excluding hydrogens is 268 g/mol. The topological polar surface area (TPSA) is 47.3 Å². The second kappa shape index (κ2) is 5.71. The van der Waals surface area contributed by atoms with Crippen LogP contribution < -0.4 is 16.0 Å². The number of nitrogens with one attached hydrogen (secondary N) is 1. The van der Waals surface area contributed by atoms with Crippen molar-refractivity contribution >= 4 is 22.9 Å². The number of hydrogen-bond donors (Lipinski definition) is 2. The van der Waals surface area contributed by atoms with Crippen LogP contribution >= 0.6 is 22.9 Å². The van der Waals surface area contributed by atoms with E-state index in [1.807, 2.05) is 17.5 Å². The summed E-state index contributed by atoms with van der Waals surface area (Å²) in [6.07, 6.45) is 0. The van der Waals surface area contributed by atoms with Crippen molar-refractivity contribution in [2.75, 3.05) is 7.11 Å². The molecule has 96 valence electrons. The number of thiophene rings is 1. The fraction of sp³-hybridized carbons (Fsp3) is 0.231. The van der Waals surface area contributed by atoms with E-state index in [9.17, 15) is 0 Å². The van der Waals surface area contributed by atoms with E-state index in [0.717, 1.165) is 16.2 Å². The largest absolute Gasteiger partial charge is 0.496 e. The van der Waals surface area contributed by atoms with E-state index < -0.39 is 0 Å². The van der Waals surface area contributed by atoms with Gasteiger partial charge < -0.3 is 4.74 Å². The molecule has 0 radical (unpaired) electrons. The van der Waals surface area contributed by atoms with E-state index in [4.69, 9.17) is 22.2 Å². The lowest BCUT2D eigenvalue weighted by atomic mass is 10.0. The molecule has 0 saturated carbocycles. The van der Waals surface area contributed by atoms with Gasteiger partial charge in [0.2, 0.25) is 0 Å². The minimum absolute atomic E-state index is 0.112. The molecule has 1 unspecified atom stereocenters. The number of methoxy groups -OCH3 is 1. The Bertz CT molecular complexity index is 542. The average Bonchev–Trinajstić information content (AvgIpc) is 2.77. The van der Waals surface area contributed by atoms with Crippen LogP contribution in [-0.4, -0.2) is 7.11 Å². The van der Waals surface area contributed by atoms with Crippen LogP contribution in [0.25, 0.3) is 0 Å². The number of nitrogens with two attached hydrogens (primary N) is 1. The van der Waals surface area contributed by atoms with Crippen LogP contribution in [0.1, 0.15) is 22.0 Å². The predicted molar refractivity (Wildman–Crippen MR) is 76.2 cm³/mol. The molecule has 3 N–H and O–H groups in total. The number of rotatable bonds is 4. The smallest absolute Gasteiger partial charge is 0.124 e. The minimum atomic E-state index is -0.112. The third-order valence-electron chi connectivity index (χ3n) is 2.83. The zero-order valence-electron chi connectivity index (χ0n) is 10.2. The van der Waals surface area contributed by atoms with Crippen molar-refractivity contribution in [1.29, 1.82) is 0 Å². The summed E-state index contributed by atoms with van der Waals surface area (Å²) in [5.41, 5.74) is 4.98. The number of hydrazine groups is 1. The summed E-state index contributed by atoms with van der Waals surface area (Å²) in [4.78, 5) is 1.16. The molecule has 3 nitrogen and oxygen atoms in total. The van der Waals surface area contributed by atoms with Crippen molar-refractivity contribution in [3.63, 3.8) is 0 Å². The van der Waals surface area contributed by atoms with E-state index in [-0.39, 0.29) is 6.04 Å². The Balaban J connectivity index is 2.51. The number of aryl methyl sites for hydroxylation is 1. The van der Waals surface area contributed by atoms with Crippen LogP contribution in [0.4, 0.5) is 0 Å². The summed E-state index contributed by atoms with van der Waals surface area (Å²) in [5, 5.41) is 2.71. The maximum atomic E-state index is 6.06. The molecule has 0 fully saturated rings. The Morgan fingerprint density at radius 1 is 1.39 bits per heavy atom.